The number of amides is 1. The summed E-state index contributed by atoms with van der Waals surface area (Å²) in [6, 6.07) is 14.6. The molecule has 0 unspecified atom stereocenters. The van der Waals surface area contributed by atoms with Crippen LogP contribution < -0.4 is 14.9 Å². The van der Waals surface area contributed by atoms with Gasteiger partial charge in [0.25, 0.3) is 5.91 Å². The van der Waals surface area contributed by atoms with Crippen LogP contribution in [0.1, 0.15) is 5.56 Å². The van der Waals surface area contributed by atoms with E-state index in [0.29, 0.717) is 18.1 Å². The second-order valence-electron chi connectivity index (χ2n) is 4.71. The van der Waals surface area contributed by atoms with Gasteiger partial charge >= 0.3 is 0 Å². The molecule has 124 valence electrons. The number of carbonyl (C=O) groups excluding carboxylic acids is 1. The van der Waals surface area contributed by atoms with Crippen LogP contribution in [0.15, 0.2) is 70.8 Å². The van der Waals surface area contributed by atoms with Gasteiger partial charge in [0.15, 0.2) is 6.61 Å². The van der Waals surface area contributed by atoms with Gasteiger partial charge in [-0.1, -0.05) is 46.8 Å². The zero-order chi connectivity index (χ0) is 17.2. The van der Waals surface area contributed by atoms with E-state index in [-0.39, 0.29) is 12.5 Å². The Morgan fingerprint density at radius 3 is 2.67 bits per heavy atom. The second kappa shape index (κ2) is 9.52. The normalized spacial score (nSPS) is 10.4. The number of rotatable bonds is 8. The molecule has 0 radical (unpaired) electrons. The third kappa shape index (κ3) is 6.26. The standard InChI is InChI=1S/C18H17BrN2O3/c1-2-9-23-16-7-3-5-14(10-16)12-20-21-18(22)13-24-17-8-4-6-15(19)11-17/h2-8,10-12H,1,9,13H2,(H,21,22)/b20-12-. The van der Waals surface area contributed by atoms with E-state index in [1.807, 2.05) is 36.4 Å². The van der Waals surface area contributed by atoms with E-state index >= 15 is 0 Å². The Bertz CT molecular complexity index is 732. The molecule has 0 atom stereocenters. The van der Waals surface area contributed by atoms with Gasteiger partial charge in [-0.05, 0) is 35.9 Å². The topological polar surface area (TPSA) is 59.9 Å². The van der Waals surface area contributed by atoms with Gasteiger partial charge in [-0.3, -0.25) is 4.79 Å². The molecule has 0 fully saturated rings. The quantitative estimate of drug-likeness (QED) is 0.427. The molecule has 24 heavy (non-hydrogen) atoms. The van der Waals surface area contributed by atoms with Gasteiger partial charge in [0.2, 0.25) is 0 Å². The van der Waals surface area contributed by atoms with E-state index in [9.17, 15) is 4.79 Å². The van der Waals surface area contributed by atoms with E-state index < -0.39 is 0 Å². The Morgan fingerprint density at radius 2 is 1.92 bits per heavy atom. The van der Waals surface area contributed by atoms with Crippen LogP contribution in [0.4, 0.5) is 0 Å². The predicted molar refractivity (Wildman–Crippen MR) is 97.5 cm³/mol. The van der Waals surface area contributed by atoms with Gasteiger partial charge in [0.1, 0.15) is 18.1 Å². The van der Waals surface area contributed by atoms with E-state index in [1.54, 1.807) is 18.2 Å². The summed E-state index contributed by atoms with van der Waals surface area (Å²) in [5.41, 5.74) is 3.23. The van der Waals surface area contributed by atoms with Crippen molar-refractivity contribution in [3.05, 3.63) is 71.2 Å². The highest BCUT2D eigenvalue weighted by Crippen LogP contribution is 2.17. The minimum absolute atomic E-state index is 0.115. The van der Waals surface area contributed by atoms with Gasteiger partial charge in [0.05, 0.1) is 6.21 Å². The molecule has 0 heterocycles. The summed E-state index contributed by atoms with van der Waals surface area (Å²) in [5, 5.41) is 3.90. The number of ether oxygens (including phenoxy) is 2. The first-order valence-corrected chi connectivity index (χ1v) is 8.00. The number of nitrogens with one attached hydrogen (secondary N) is 1. The van der Waals surface area contributed by atoms with Crippen molar-refractivity contribution in [3.8, 4) is 11.5 Å². The molecule has 0 saturated heterocycles. The second-order valence-corrected chi connectivity index (χ2v) is 5.63. The smallest absolute Gasteiger partial charge is 0.277 e. The molecule has 0 spiro atoms. The van der Waals surface area contributed by atoms with Crippen molar-refractivity contribution in [2.45, 2.75) is 0 Å². The molecule has 6 heteroatoms. The summed E-state index contributed by atoms with van der Waals surface area (Å²) in [6.45, 7) is 3.92. The zero-order valence-electron chi connectivity index (χ0n) is 12.9. The zero-order valence-corrected chi connectivity index (χ0v) is 14.5. The Morgan fingerprint density at radius 1 is 1.17 bits per heavy atom. The van der Waals surface area contributed by atoms with Crippen molar-refractivity contribution in [3.63, 3.8) is 0 Å². The molecular formula is C18H17BrN2O3. The monoisotopic (exact) mass is 388 g/mol. The van der Waals surface area contributed by atoms with Crippen LogP contribution in [0.3, 0.4) is 0 Å². The number of hydrogen-bond acceptors (Lipinski definition) is 4. The fraction of sp³-hybridized carbons (Fsp3) is 0.111. The maximum absolute atomic E-state index is 11.7. The van der Waals surface area contributed by atoms with Gasteiger partial charge in [-0.25, -0.2) is 5.43 Å². The lowest BCUT2D eigenvalue weighted by molar-refractivity contribution is -0.123. The molecule has 2 rings (SSSR count). The number of hydrazone groups is 1. The Labute approximate surface area is 149 Å². The van der Waals surface area contributed by atoms with Crippen molar-refractivity contribution < 1.29 is 14.3 Å². The summed E-state index contributed by atoms with van der Waals surface area (Å²) in [6.07, 6.45) is 3.21. The van der Waals surface area contributed by atoms with Crippen molar-refractivity contribution in [1.82, 2.24) is 5.43 Å². The number of halogens is 1. The summed E-state index contributed by atoms with van der Waals surface area (Å²) in [7, 11) is 0. The fourth-order valence-electron chi connectivity index (χ4n) is 1.76. The van der Waals surface area contributed by atoms with Crippen molar-refractivity contribution >= 4 is 28.1 Å². The lowest BCUT2D eigenvalue weighted by Crippen LogP contribution is -2.24. The Kier molecular flexibility index (Phi) is 7.04. The van der Waals surface area contributed by atoms with Crippen molar-refractivity contribution in [2.24, 2.45) is 5.10 Å². The Balaban J connectivity index is 1.80. The highest BCUT2D eigenvalue weighted by molar-refractivity contribution is 9.10. The molecule has 1 N–H and O–H groups in total. The van der Waals surface area contributed by atoms with Crippen LogP contribution >= 0.6 is 15.9 Å². The van der Waals surface area contributed by atoms with Gasteiger partial charge in [-0.2, -0.15) is 5.10 Å². The maximum atomic E-state index is 11.7. The van der Waals surface area contributed by atoms with Crippen LogP contribution in [0, 0.1) is 0 Å². The highest BCUT2D eigenvalue weighted by Gasteiger charge is 2.01. The summed E-state index contributed by atoms with van der Waals surface area (Å²) in [5.74, 6) is 0.976. The molecule has 0 aromatic heterocycles. The molecule has 0 saturated carbocycles. The average Bonchev–Trinajstić information content (AvgIpc) is 2.59. The lowest BCUT2D eigenvalue weighted by Gasteiger charge is -2.05. The van der Waals surface area contributed by atoms with Gasteiger partial charge in [-0.15, -0.1) is 0 Å². The first-order valence-electron chi connectivity index (χ1n) is 7.21. The van der Waals surface area contributed by atoms with Crippen LogP contribution in [0.25, 0.3) is 0 Å². The molecule has 5 nitrogen and oxygen atoms in total. The van der Waals surface area contributed by atoms with E-state index in [2.05, 4.69) is 33.0 Å². The first-order chi connectivity index (χ1) is 11.7. The molecule has 1 amide bonds. The van der Waals surface area contributed by atoms with Crippen LogP contribution in [-0.4, -0.2) is 25.3 Å². The van der Waals surface area contributed by atoms with Gasteiger partial charge < -0.3 is 9.47 Å². The third-order valence-corrected chi connectivity index (χ3v) is 3.29. The van der Waals surface area contributed by atoms with Crippen molar-refractivity contribution in [1.29, 1.82) is 0 Å². The number of carbonyl (C=O) groups is 1. The first kappa shape index (κ1) is 17.7. The van der Waals surface area contributed by atoms with E-state index in [1.165, 1.54) is 6.21 Å². The number of hydrogen-bond donors (Lipinski definition) is 1. The minimum atomic E-state index is -0.342. The van der Waals surface area contributed by atoms with E-state index in [0.717, 1.165) is 10.0 Å². The molecular weight excluding hydrogens is 372 g/mol. The summed E-state index contributed by atoms with van der Waals surface area (Å²) < 4.78 is 11.7. The fourth-order valence-corrected chi connectivity index (χ4v) is 2.13. The SMILES string of the molecule is C=CCOc1cccc(/C=N\NC(=O)COc2cccc(Br)c2)c1. The maximum Gasteiger partial charge on any atom is 0.277 e. The molecule has 0 aliphatic carbocycles. The molecule has 0 bridgehead atoms. The molecule has 2 aromatic carbocycles. The van der Waals surface area contributed by atoms with Crippen LogP contribution in [0.5, 0.6) is 11.5 Å². The minimum Gasteiger partial charge on any atom is -0.490 e. The number of nitrogens with zero attached hydrogens (tertiary/aromatic N) is 1. The van der Waals surface area contributed by atoms with E-state index in [4.69, 9.17) is 9.47 Å². The molecule has 0 aliphatic heterocycles. The highest BCUT2D eigenvalue weighted by atomic mass is 79.9. The summed E-state index contributed by atoms with van der Waals surface area (Å²) in [4.78, 5) is 11.7. The molecule has 2 aromatic rings. The average molecular weight is 389 g/mol. The summed E-state index contributed by atoms with van der Waals surface area (Å²) >= 11 is 3.34. The largest absolute Gasteiger partial charge is 0.490 e. The van der Waals surface area contributed by atoms with Crippen LogP contribution in [0.2, 0.25) is 0 Å². The third-order valence-electron chi connectivity index (χ3n) is 2.79. The molecule has 0 aliphatic rings. The van der Waals surface area contributed by atoms with Crippen molar-refractivity contribution in [2.75, 3.05) is 13.2 Å². The van der Waals surface area contributed by atoms with Crippen LogP contribution in [-0.2, 0) is 4.79 Å². The van der Waals surface area contributed by atoms with Gasteiger partial charge in [0, 0.05) is 4.47 Å². The Hall–Kier alpha value is -2.60. The lowest BCUT2D eigenvalue weighted by atomic mass is 10.2. The predicted octanol–water partition coefficient (Wildman–Crippen LogP) is 3.54. The number of benzene rings is 2.